The van der Waals surface area contributed by atoms with Crippen molar-refractivity contribution in [2.75, 3.05) is 6.67 Å². The van der Waals surface area contributed by atoms with Crippen LogP contribution in [0.25, 0.3) is 0 Å². The molecule has 0 aromatic rings. The molecule has 0 radical (unpaired) electrons. The van der Waals surface area contributed by atoms with Crippen molar-refractivity contribution < 1.29 is 4.79 Å². The van der Waals surface area contributed by atoms with Gasteiger partial charge in [-0.1, -0.05) is 6.08 Å². The van der Waals surface area contributed by atoms with E-state index in [1.54, 1.807) is 0 Å². The number of carbonyl (C=O) groups excluding carboxylic acids is 1. The Labute approximate surface area is 58.8 Å². The molecule has 0 unspecified atom stereocenters. The van der Waals surface area contributed by atoms with E-state index in [1.807, 2.05) is 12.2 Å². The van der Waals surface area contributed by atoms with Gasteiger partial charge in [-0.25, -0.2) is 0 Å². The van der Waals surface area contributed by atoms with E-state index < -0.39 is 0 Å². The van der Waals surface area contributed by atoms with Crippen LogP contribution in [-0.4, -0.2) is 12.5 Å². The number of rotatable bonds is 0. The predicted octanol–water partition coefficient (Wildman–Crippen LogP) is -0.123. The van der Waals surface area contributed by atoms with Gasteiger partial charge in [0.1, 0.15) is 5.70 Å². The van der Waals surface area contributed by atoms with Gasteiger partial charge in [-0.15, -0.1) is 0 Å². The number of nitrogens with one attached hydrogen (secondary N) is 2. The molecule has 0 amide bonds. The SMILES string of the molecule is O=C1CC=CC2=C1NCN2. The van der Waals surface area contributed by atoms with Gasteiger partial charge in [-0.05, 0) is 6.08 Å². The van der Waals surface area contributed by atoms with Gasteiger partial charge in [-0.2, -0.15) is 0 Å². The minimum absolute atomic E-state index is 0.183. The first kappa shape index (κ1) is 5.53. The fourth-order valence-electron chi connectivity index (χ4n) is 1.19. The summed E-state index contributed by atoms with van der Waals surface area (Å²) < 4.78 is 0. The summed E-state index contributed by atoms with van der Waals surface area (Å²) in [7, 11) is 0. The molecule has 0 atom stereocenters. The number of carbonyl (C=O) groups is 1. The summed E-state index contributed by atoms with van der Waals surface area (Å²) in [6.07, 6.45) is 4.35. The molecular weight excluding hydrogens is 128 g/mol. The maximum atomic E-state index is 11.1. The molecule has 3 heteroatoms. The van der Waals surface area contributed by atoms with Crippen molar-refractivity contribution in [1.82, 2.24) is 10.6 Å². The van der Waals surface area contributed by atoms with E-state index in [1.165, 1.54) is 0 Å². The zero-order valence-electron chi connectivity index (χ0n) is 5.48. The van der Waals surface area contributed by atoms with Crippen molar-refractivity contribution in [1.29, 1.82) is 0 Å². The fourth-order valence-corrected chi connectivity index (χ4v) is 1.19. The highest BCUT2D eigenvalue weighted by Gasteiger charge is 2.19. The molecule has 1 aliphatic heterocycles. The Kier molecular flexibility index (Phi) is 1.03. The summed E-state index contributed by atoms with van der Waals surface area (Å²) in [5.41, 5.74) is 1.69. The molecular formula is C7H8N2O. The van der Waals surface area contributed by atoms with Crippen LogP contribution in [-0.2, 0) is 4.79 Å². The zero-order chi connectivity index (χ0) is 6.97. The topological polar surface area (TPSA) is 41.1 Å². The molecule has 3 nitrogen and oxygen atoms in total. The Morgan fingerprint density at radius 3 is 3.10 bits per heavy atom. The van der Waals surface area contributed by atoms with Crippen molar-refractivity contribution in [2.45, 2.75) is 6.42 Å². The highest BCUT2D eigenvalue weighted by molar-refractivity contribution is 5.98. The molecule has 0 aromatic carbocycles. The average molecular weight is 136 g/mol. The molecule has 0 bridgehead atoms. The van der Waals surface area contributed by atoms with Crippen LogP contribution in [0.2, 0.25) is 0 Å². The summed E-state index contributed by atoms with van der Waals surface area (Å²) in [6, 6.07) is 0. The van der Waals surface area contributed by atoms with Gasteiger partial charge in [0.2, 0.25) is 0 Å². The number of allylic oxidation sites excluding steroid dienone is 3. The van der Waals surface area contributed by atoms with Crippen LogP contribution in [0, 0.1) is 0 Å². The minimum atomic E-state index is 0.183. The first-order valence-corrected chi connectivity index (χ1v) is 3.30. The van der Waals surface area contributed by atoms with Crippen molar-refractivity contribution in [2.24, 2.45) is 0 Å². The second kappa shape index (κ2) is 1.87. The van der Waals surface area contributed by atoms with E-state index in [4.69, 9.17) is 0 Å². The van der Waals surface area contributed by atoms with E-state index in [0.29, 0.717) is 13.1 Å². The highest BCUT2D eigenvalue weighted by Crippen LogP contribution is 2.13. The van der Waals surface area contributed by atoms with Gasteiger partial charge in [0.05, 0.1) is 12.4 Å². The summed E-state index contributed by atoms with van der Waals surface area (Å²) in [5, 5.41) is 6.03. The molecule has 0 spiro atoms. The average Bonchev–Trinajstić information content (AvgIpc) is 2.36. The summed E-state index contributed by atoms with van der Waals surface area (Å²) >= 11 is 0. The van der Waals surface area contributed by atoms with Crippen LogP contribution in [0.15, 0.2) is 23.5 Å². The Balaban J connectivity index is 2.39. The molecule has 52 valence electrons. The third-order valence-corrected chi connectivity index (χ3v) is 1.68. The van der Waals surface area contributed by atoms with Crippen LogP contribution >= 0.6 is 0 Å². The molecule has 1 aliphatic carbocycles. The van der Waals surface area contributed by atoms with Crippen LogP contribution in [0.5, 0.6) is 0 Å². The third kappa shape index (κ3) is 0.635. The molecule has 2 aliphatic rings. The molecule has 10 heavy (non-hydrogen) atoms. The number of hydrogen-bond acceptors (Lipinski definition) is 3. The Morgan fingerprint density at radius 2 is 2.30 bits per heavy atom. The molecule has 0 saturated carbocycles. The molecule has 0 saturated heterocycles. The first-order valence-electron chi connectivity index (χ1n) is 3.30. The second-order valence-corrected chi connectivity index (χ2v) is 2.35. The lowest BCUT2D eigenvalue weighted by molar-refractivity contribution is -0.115. The fraction of sp³-hybridized carbons (Fsp3) is 0.286. The van der Waals surface area contributed by atoms with E-state index in [9.17, 15) is 4.79 Å². The van der Waals surface area contributed by atoms with E-state index in [-0.39, 0.29) is 5.78 Å². The van der Waals surface area contributed by atoms with E-state index in [2.05, 4.69) is 10.6 Å². The quantitative estimate of drug-likeness (QED) is 0.487. The van der Waals surface area contributed by atoms with Crippen LogP contribution in [0.1, 0.15) is 6.42 Å². The van der Waals surface area contributed by atoms with E-state index >= 15 is 0 Å². The molecule has 0 fully saturated rings. The Hall–Kier alpha value is -1.25. The van der Waals surface area contributed by atoms with Crippen molar-refractivity contribution >= 4 is 5.78 Å². The van der Waals surface area contributed by atoms with Gasteiger partial charge >= 0.3 is 0 Å². The largest absolute Gasteiger partial charge is 0.366 e. The smallest absolute Gasteiger partial charge is 0.184 e. The maximum absolute atomic E-state index is 11.1. The van der Waals surface area contributed by atoms with E-state index in [0.717, 1.165) is 11.4 Å². The van der Waals surface area contributed by atoms with Crippen molar-refractivity contribution in [3.63, 3.8) is 0 Å². The van der Waals surface area contributed by atoms with Crippen LogP contribution in [0.4, 0.5) is 0 Å². The van der Waals surface area contributed by atoms with Crippen LogP contribution < -0.4 is 10.6 Å². The summed E-state index contributed by atoms with van der Waals surface area (Å²) in [4.78, 5) is 11.1. The molecule has 2 rings (SSSR count). The monoisotopic (exact) mass is 136 g/mol. The van der Waals surface area contributed by atoms with Crippen molar-refractivity contribution in [3.05, 3.63) is 23.5 Å². The van der Waals surface area contributed by atoms with Gasteiger partial charge in [0, 0.05) is 6.42 Å². The first-order chi connectivity index (χ1) is 4.88. The summed E-state index contributed by atoms with van der Waals surface area (Å²) in [6.45, 7) is 0.681. The number of hydrogen-bond donors (Lipinski definition) is 2. The zero-order valence-corrected chi connectivity index (χ0v) is 5.48. The Bertz CT molecular complexity index is 240. The standard InChI is InChI=1S/C7H8N2O/c10-6-3-1-2-5-7(6)9-4-8-5/h1-2,8-9H,3-4H2. The number of ketones is 1. The normalized spacial score (nSPS) is 22.2. The highest BCUT2D eigenvalue weighted by atomic mass is 16.1. The molecule has 1 heterocycles. The Morgan fingerprint density at radius 1 is 1.40 bits per heavy atom. The lowest BCUT2D eigenvalue weighted by atomic mass is 10.1. The van der Waals surface area contributed by atoms with Gasteiger partial charge < -0.3 is 10.6 Å². The lowest BCUT2D eigenvalue weighted by Crippen LogP contribution is -2.18. The van der Waals surface area contributed by atoms with Gasteiger partial charge in [0.25, 0.3) is 0 Å². The molecule has 0 aromatic heterocycles. The lowest BCUT2D eigenvalue weighted by Gasteiger charge is -2.04. The summed E-state index contributed by atoms with van der Waals surface area (Å²) in [5.74, 6) is 0.183. The second-order valence-electron chi connectivity index (χ2n) is 2.35. The van der Waals surface area contributed by atoms with Crippen LogP contribution in [0.3, 0.4) is 0 Å². The maximum Gasteiger partial charge on any atom is 0.184 e. The molecule has 2 N–H and O–H groups in total. The third-order valence-electron chi connectivity index (χ3n) is 1.68. The number of Topliss-reactive ketones (excluding diaryl/α,β-unsaturated/α-hetero) is 1. The van der Waals surface area contributed by atoms with Gasteiger partial charge in [0.15, 0.2) is 5.78 Å². The predicted molar refractivity (Wildman–Crippen MR) is 36.9 cm³/mol. The van der Waals surface area contributed by atoms with Crippen molar-refractivity contribution in [3.8, 4) is 0 Å². The minimum Gasteiger partial charge on any atom is -0.366 e. The van der Waals surface area contributed by atoms with Gasteiger partial charge in [-0.3, -0.25) is 4.79 Å².